The lowest BCUT2D eigenvalue weighted by molar-refractivity contribution is -0.138. The second-order valence-electron chi connectivity index (χ2n) is 6.59. The molecule has 0 aliphatic carbocycles. The fourth-order valence-corrected chi connectivity index (χ4v) is 2.90. The molecule has 0 saturated heterocycles. The molecule has 0 radical (unpaired) electrons. The van der Waals surface area contributed by atoms with Crippen LogP contribution in [0.1, 0.15) is 68.6 Å². The minimum absolute atomic E-state index is 0.179. The molecule has 0 unspecified atom stereocenters. The molecule has 0 bridgehead atoms. The van der Waals surface area contributed by atoms with Gasteiger partial charge >= 0.3 is 6.18 Å². The van der Waals surface area contributed by atoms with Crippen molar-refractivity contribution in [2.24, 2.45) is 0 Å². The van der Waals surface area contributed by atoms with Crippen molar-refractivity contribution in [1.82, 2.24) is 4.90 Å². The number of aliphatic hydroxyl groups excluding tert-OH is 1. The Labute approximate surface area is 145 Å². The van der Waals surface area contributed by atoms with E-state index in [4.69, 9.17) is 0 Å². The molecule has 1 aromatic rings. The molecule has 7 heteroatoms. The van der Waals surface area contributed by atoms with E-state index in [2.05, 4.69) is 0 Å². The van der Waals surface area contributed by atoms with Crippen molar-refractivity contribution in [2.75, 3.05) is 0 Å². The fourth-order valence-electron chi connectivity index (χ4n) is 2.90. The van der Waals surface area contributed by atoms with E-state index in [0.717, 1.165) is 12.1 Å². The number of carbonyl (C=O) groups is 2. The first-order chi connectivity index (χ1) is 11.4. The molecule has 4 nitrogen and oxygen atoms in total. The van der Waals surface area contributed by atoms with Crippen LogP contribution in [-0.4, -0.2) is 33.8 Å². The average Bonchev–Trinajstić information content (AvgIpc) is 2.43. The Morgan fingerprint density at radius 3 is 2.04 bits per heavy atom. The zero-order chi connectivity index (χ0) is 19.5. The van der Waals surface area contributed by atoms with Crippen LogP contribution in [-0.2, 0) is 11.0 Å². The lowest BCUT2D eigenvalue weighted by Gasteiger charge is -2.33. The van der Waals surface area contributed by atoms with Crippen LogP contribution in [0.15, 0.2) is 18.2 Å². The third kappa shape index (κ3) is 5.04. The van der Waals surface area contributed by atoms with E-state index in [9.17, 15) is 27.9 Å². The Kier molecular flexibility index (Phi) is 6.76. The van der Waals surface area contributed by atoms with E-state index in [-0.39, 0.29) is 29.9 Å². The minimum atomic E-state index is -4.75. The van der Waals surface area contributed by atoms with Gasteiger partial charge in [0.25, 0.3) is 5.91 Å². The molecule has 0 heterocycles. The summed E-state index contributed by atoms with van der Waals surface area (Å²) in [4.78, 5) is 25.5. The molecule has 1 rings (SSSR count). The number of ketones is 1. The topological polar surface area (TPSA) is 57.6 Å². The quantitative estimate of drug-likeness (QED) is 0.836. The summed E-state index contributed by atoms with van der Waals surface area (Å²) in [7, 11) is 0. The van der Waals surface area contributed by atoms with Crippen LogP contribution in [0.2, 0.25) is 0 Å². The van der Waals surface area contributed by atoms with Crippen molar-refractivity contribution in [3.8, 4) is 0 Å². The zero-order valence-corrected chi connectivity index (χ0v) is 15.0. The number of hydrogen-bond acceptors (Lipinski definition) is 3. The van der Waals surface area contributed by atoms with Crippen LogP contribution < -0.4 is 0 Å². The van der Waals surface area contributed by atoms with Crippen LogP contribution >= 0.6 is 0 Å². The van der Waals surface area contributed by atoms with Gasteiger partial charge in [-0.3, -0.25) is 9.59 Å². The van der Waals surface area contributed by atoms with Gasteiger partial charge in [0, 0.05) is 18.5 Å². The standard InChI is InChI=1S/C18H24F3NO3/c1-10(2)22(11(3)4)17(25)16-13(15(24)9-12(5)23)7-6-8-14(16)18(19,20)21/h6-8,10-11,15,24H,9H2,1-5H3/t15-/m1/s1. The first kappa shape index (κ1) is 21.2. The summed E-state index contributed by atoms with van der Waals surface area (Å²) < 4.78 is 40.4. The van der Waals surface area contributed by atoms with E-state index in [0.29, 0.717) is 0 Å². The molecule has 0 aromatic heterocycles. The second kappa shape index (κ2) is 7.99. The van der Waals surface area contributed by atoms with Gasteiger partial charge in [0.2, 0.25) is 0 Å². The van der Waals surface area contributed by atoms with Crippen molar-refractivity contribution in [1.29, 1.82) is 0 Å². The largest absolute Gasteiger partial charge is 0.417 e. The Bertz CT molecular complexity index is 631. The van der Waals surface area contributed by atoms with Crippen molar-refractivity contribution >= 4 is 11.7 Å². The average molecular weight is 359 g/mol. The van der Waals surface area contributed by atoms with Gasteiger partial charge in [0.15, 0.2) is 0 Å². The fraction of sp³-hybridized carbons (Fsp3) is 0.556. The van der Waals surface area contributed by atoms with E-state index >= 15 is 0 Å². The van der Waals surface area contributed by atoms with Crippen LogP contribution in [0.25, 0.3) is 0 Å². The first-order valence-electron chi connectivity index (χ1n) is 8.08. The highest BCUT2D eigenvalue weighted by atomic mass is 19.4. The molecule has 1 N–H and O–H groups in total. The van der Waals surface area contributed by atoms with Gasteiger partial charge in [0.1, 0.15) is 5.78 Å². The number of benzene rings is 1. The molecule has 25 heavy (non-hydrogen) atoms. The maximum atomic E-state index is 13.5. The van der Waals surface area contributed by atoms with Crippen LogP contribution in [0.3, 0.4) is 0 Å². The van der Waals surface area contributed by atoms with Crippen molar-refractivity contribution < 1.29 is 27.9 Å². The normalized spacial score (nSPS) is 13.2. The number of nitrogens with zero attached hydrogens (tertiary/aromatic N) is 1. The van der Waals surface area contributed by atoms with Crippen molar-refractivity contribution in [3.63, 3.8) is 0 Å². The van der Waals surface area contributed by atoms with Gasteiger partial charge in [-0.15, -0.1) is 0 Å². The second-order valence-corrected chi connectivity index (χ2v) is 6.59. The molecule has 140 valence electrons. The molecular formula is C18H24F3NO3. The van der Waals surface area contributed by atoms with Gasteiger partial charge in [0.05, 0.1) is 17.2 Å². The Hall–Kier alpha value is -1.89. The van der Waals surface area contributed by atoms with Gasteiger partial charge in [-0.25, -0.2) is 0 Å². The van der Waals surface area contributed by atoms with Gasteiger partial charge in [-0.05, 0) is 46.2 Å². The minimum Gasteiger partial charge on any atom is -0.388 e. The van der Waals surface area contributed by atoms with Crippen LogP contribution in [0.4, 0.5) is 13.2 Å². The van der Waals surface area contributed by atoms with Crippen LogP contribution in [0, 0.1) is 0 Å². The van der Waals surface area contributed by atoms with Gasteiger partial charge < -0.3 is 10.0 Å². The number of Topliss-reactive ketones (excluding diaryl/α,β-unsaturated/α-hetero) is 1. The summed E-state index contributed by atoms with van der Waals surface area (Å²) in [6, 6.07) is 2.55. The lowest BCUT2D eigenvalue weighted by Crippen LogP contribution is -2.43. The summed E-state index contributed by atoms with van der Waals surface area (Å²) in [5.41, 5.74) is -1.88. The molecule has 0 aliphatic rings. The highest BCUT2D eigenvalue weighted by Crippen LogP contribution is 2.36. The molecule has 1 aromatic carbocycles. The third-order valence-corrected chi connectivity index (χ3v) is 3.80. The molecule has 0 aliphatic heterocycles. The molecule has 0 saturated carbocycles. The summed E-state index contributed by atoms with van der Waals surface area (Å²) in [6.07, 6.45) is -6.58. The summed E-state index contributed by atoms with van der Waals surface area (Å²) >= 11 is 0. The molecule has 0 fully saturated rings. The number of amides is 1. The first-order valence-corrected chi connectivity index (χ1v) is 8.08. The Balaban J connectivity index is 3.62. The van der Waals surface area contributed by atoms with Crippen molar-refractivity contribution in [3.05, 3.63) is 34.9 Å². The predicted octanol–water partition coefficient (Wildman–Crippen LogP) is 3.98. The van der Waals surface area contributed by atoms with E-state index in [1.807, 2.05) is 0 Å². The third-order valence-electron chi connectivity index (χ3n) is 3.80. The SMILES string of the molecule is CC(=O)C[C@@H](O)c1cccc(C(F)(F)F)c1C(=O)N(C(C)C)C(C)C. The Morgan fingerprint density at radius 2 is 1.64 bits per heavy atom. The molecule has 0 spiro atoms. The van der Waals surface area contributed by atoms with Gasteiger partial charge in [-0.2, -0.15) is 13.2 Å². The summed E-state index contributed by atoms with van der Waals surface area (Å²) in [5, 5.41) is 10.2. The number of alkyl halides is 3. The highest BCUT2D eigenvalue weighted by molar-refractivity contribution is 5.98. The summed E-state index contributed by atoms with van der Waals surface area (Å²) in [5.74, 6) is -1.19. The van der Waals surface area contributed by atoms with E-state index < -0.39 is 29.3 Å². The number of aliphatic hydroxyl groups is 1. The number of hydrogen-bond donors (Lipinski definition) is 1. The number of rotatable bonds is 6. The maximum Gasteiger partial charge on any atom is 0.417 e. The summed E-state index contributed by atoms with van der Waals surface area (Å²) in [6.45, 7) is 8.06. The molecule has 1 atom stereocenters. The maximum absolute atomic E-state index is 13.5. The smallest absolute Gasteiger partial charge is 0.388 e. The molecule has 1 amide bonds. The van der Waals surface area contributed by atoms with Crippen molar-refractivity contribution in [2.45, 2.75) is 65.4 Å². The number of halogens is 3. The van der Waals surface area contributed by atoms with E-state index in [1.54, 1.807) is 27.7 Å². The van der Waals surface area contributed by atoms with Crippen LogP contribution in [0.5, 0.6) is 0 Å². The Morgan fingerprint density at radius 1 is 1.12 bits per heavy atom. The van der Waals surface area contributed by atoms with Gasteiger partial charge in [-0.1, -0.05) is 12.1 Å². The van der Waals surface area contributed by atoms with E-state index in [1.165, 1.54) is 17.9 Å². The monoisotopic (exact) mass is 359 g/mol. The zero-order valence-electron chi connectivity index (χ0n) is 15.0. The predicted molar refractivity (Wildman–Crippen MR) is 88.1 cm³/mol. The highest BCUT2D eigenvalue weighted by Gasteiger charge is 2.39. The lowest BCUT2D eigenvalue weighted by atomic mass is 9.93. The molecular weight excluding hydrogens is 335 g/mol. The number of carbonyl (C=O) groups excluding carboxylic acids is 2.